The Morgan fingerprint density at radius 3 is 2.65 bits per heavy atom. The average Bonchev–Trinajstić information content (AvgIpc) is 2.40. The average molecular weight is 277 g/mol. The molecule has 0 saturated heterocycles. The summed E-state index contributed by atoms with van der Waals surface area (Å²) in [5.74, 6) is -1.04. The number of nitrogen functional groups attached to an aromatic ring is 1. The van der Waals surface area contributed by atoms with E-state index in [0.29, 0.717) is 11.3 Å². The molecule has 3 nitrogen and oxygen atoms in total. The number of anilines is 1. The zero-order chi connectivity index (χ0) is 14.7. The Hall–Kier alpha value is -2.43. The predicted octanol–water partition coefficient (Wildman–Crippen LogP) is 3.33. The SMILES string of the molecule is CC(=O)c1cc(N)ccc1OCc1cc(F)ccc1F. The Labute approximate surface area is 115 Å². The highest BCUT2D eigenvalue weighted by Gasteiger charge is 2.11. The molecule has 0 saturated carbocycles. The van der Waals surface area contributed by atoms with Crippen LogP contribution in [0.5, 0.6) is 5.75 Å². The van der Waals surface area contributed by atoms with Gasteiger partial charge in [-0.25, -0.2) is 8.78 Å². The van der Waals surface area contributed by atoms with Crippen LogP contribution in [0.4, 0.5) is 14.5 Å². The Balaban J connectivity index is 2.23. The molecule has 0 bridgehead atoms. The van der Waals surface area contributed by atoms with Crippen molar-refractivity contribution in [3.8, 4) is 5.75 Å². The fourth-order valence-electron chi connectivity index (χ4n) is 1.76. The highest BCUT2D eigenvalue weighted by Crippen LogP contribution is 2.23. The minimum atomic E-state index is -0.564. The normalized spacial score (nSPS) is 10.3. The fourth-order valence-corrected chi connectivity index (χ4v) is 1.76. The summed E-state index contributed by atoms with van der Waals surface area (Å²) < 4.78 is 31.9. The number of nitrogens with two attached hydrogens (primary N) is 1. The van der Waals surface area contributed by atoms with Gasteiger partial charge in [0.05, 0.1) is 5.56 Å². The number of hydrogen-bond donors (Lipinski definition) is 1. The van der Waals surface area contributed by atoms with Gasteiger partial charge in [0.2, 0.25) is 0 Å². The summed E-state index contributed by atoms with van der Waals surface area (Å²) in [5, 5.41) is 0. The Kier molecular flexibility index (Phi) is 3.98. The molecule has 0 unspecified atom stereocenters. The third-order valence-electron chi connectivity index (χ3n) is 2.77. The van der Waals surface area contributed by atoms with Crippen LogP contribution in [-0.4, -0.2) is 5.78 Å². The van der Waals surface area contributed by atoms with Crippen LogP contribution < -0.4 is 10.5 Å². The second-order valence-corrected chi connectivity index (χ2v) is 4.34. The zero-order valence-corrected chi connectivity index (χ0v) is 10.8. The van der Waals surface area contributed by atoms with Crippen molar-refractivity contribution in [1.82, 2.24) is 0 Å². The first-order valence-electron chi connectivity index (χ1n) is 5.94. The lowest BCUT2D eigenvalue weighted by atomic mass is 10.1. The molecule has 0 heterocycles. The minimum Gasteiger partial charge on any atom is -0.488 e. The maximum Gasteiger partial charge on any atom is 0.163 e. The van der Waals surface area contributed by atoms with Gasteiger partial charge in [0, 0.05) is 11.3 Å². The molecule has 0 aliphatic carbocycles. The number of carbonyl (C=O) groups is 1. The van der Waals surface area contributed by atoms with Gasteiger partial charge in [-0.15, -0.1) is 0 Å². The van der Waals surface area contributed by atoms with E-state index >= 15 is 0 Å². The van der Waals surface area contributed by atoms with E-state index < -0.39 is 11.6 Å². The van der Waals surface area contributed by atoms with E-state index in [1.54, 1.807) is 6.07 Å². The van der Waals surface area contributed by atoms with Crippen LogP contribution in [0, 0.1) is 11.6 Å². The molecular formula is C15H13F2NO2. The Morgan fingerprint density at radius 2 is 1.95 bits per heavy atom. The minimum absolute atomic E-state index is 0.0799. The molecule has 2 aromatic rings. The lowest BCUT2D eigenvalue weighted by Crippen LogP contribution is -2.04. The Morgan fingerprint density at radius 1 is 1.20 bits per heavy atom. The van der Waals surface area contributed by atoms with Crippen LogP contribution in [0.3, 0.4) is 0 Å². The van der Waals surface area contributed by atoms with Crippen molar-refractivity contribution in [2.24, 2.45) is 0 Å². The van der Waals surface area contributed by atoms with Gasteiger partial charge in [0.25, 0.3) is 0 Å². The zero-order valence-electron chi connectivity index (χ0n) is 10.8. The van der Waals surface area contributed by atoms with Crippen molar-refractivity contribution >= 4 is 11.5 Å². The lowest BCUT2D eigenvalue weighted by Gasteiger charge is -2.11. The molecule has 0 aliphatic heterocycles. The molecule has 2 rings (SSSR count). The van der Waals surface area contributed by atoms with E-state index in [1.165, 1.54) is 19.1 Å². The van der Waals surface area contributed by atoms with Crippen molar-refractivity contribution < 1.29 is 18.3 Å². The summed E-state index contributed by atoms with van der Waals surface area (Å²) in [7, 11) is 0. The van der Waals surface area contributed by atoms with Crippen molar-refractivity contribution in [2.75, 3.05) is 5.73 Å². The maximum absolute atomic E-state index is 13.5. The van der Waals surface area contributed by atoms with Gasteiger partial charge >= 0.3 is 0 Å². The molecule has 0 fully saturated rings. The van der Waals surface area contributed by atoms with Gasteiger partial charge in [-0.3, -0.25) is 4.79 Å². The summed E-state index contributed by atoms with van der Waals surface area (Å²) in [6, 6.07) is 7.71. The number of Topliss-reactive ketones (excluding diaryl/α,β-unsaturated/α-hetero) is 1. The van der Waals surface area contributed by atoms with E-state index in [0.717, 1.165) is 18.2 Å². The third kappa shape index (κ3) is 3.12. The number of hydrogen-bond acceptors (Lipinski definition) is 3. The molecule has 0 amide bonds. The largest absolute Gasteiger partial charge is 0.488 e. The van der Waals surface area contributed by atoms with Gasteiger partial charge in [0.1, 0.15) is 24.0 Å². The molecule has 5 heteroatoms. The Bertz CT molecular complexity index is 656. The predicted molar refractivity (Wildman–Crippen MR) is 71.5 cm³/mol. The summed E-state index contributed by atoms with van der Waals surface area (Å²) in [6.07, 6.45) is 0. The summed E-state index contributed by atoms with van der Waals surface area (Å²) in [5.41, 5.74) is 6.42. The van der Waals surface area contributed by atoms with E-state index in [1.807, 2.05) is 0 Å². The number of carbonyl (C=O) groups excluding carboxylic acids is 1. The monoisotopic (exact) mass is 277 g/mol. The highest BCUT2D eigenvalue weighted by atomic mass is 19.1. The smallest absolute Gasteiger partial charge is 0.163 e. The number of rotatable bonds is 4. The third-order valence-corrected chi connectivity index (χ3v) is 2.77. The van der Waals surface area contributed by atoms with Gasteiger partial charge in [-0.2, -0.15) is 0 Å². The standard InChI is InChI=1S/C15H13F2NO2/c1-9(19)13-7-12(18)3-5-15(13)20-8-10-6-11(16)2-4-14(10)17/h2-7H,8,18H2,1H3. The molecule has 0 atom stereocenters. The number of ketones is 1. The molecule has 0 spiro atoms. The second kappa shape index (κ2) is 5.69. The second-order valence-electron chi connectivity index (χ2n) is 4.34. The van der Waals surface area contributed by atoms with E-state index in [9.17, 15) is 13.6 Å². The molecular weight excluding hydrogens is 264 g/mol. The van der Waals surface area contributed by atoms with Crippen LogP contribution in [0.25, 0.3) is 0 Å². The van der Waals surface area contributed by atoms with Crippen LogP contribution in [0.15, 0.2) is 36.4 Å². The molecule has 0 radical (unpaired) electrons. The fraction of sp³-hybridized carbons (Fsp3) is 0.133. The molecule has 0 aromatic heterocycles. The maximum atomic E-state index is 13.5. The highest BCUT2D eigenvalue weighted by molar-refractivity contribution is 5.97. The van der Waals surface area contributed by atoms with Crippen LogP contribution in [-0.2, 0) is 6.61 Å². The topological polar surface area (TPSA) is 52.3 Å². The van der Waals surface area contributed by atoms with Crippen molar-refractivity contribution in [1.29, 1.82) is 0 Å². The van der Waals surface area contributed by atoms with Crippen LogP contribution >= 0.6 is 0 Å². The molecule has 104 valence electrons. The van der Waals surface area contributed by atoms with Crippen molar-refractivity contribution in [3.63, 3.8) is 0 Å². The molecule has 0 aliphatic rings. The summed E-state index contributed by atoms with van der Waals surface area (Å²) in [4.78, 5) is 11.5. The van der Waals surface area contributed by atoms with Gasteiger partial charge < -0.3 is 10.5 Å². The number of benzene rings is 2. The lowest BCUT2D eigenvalue weighted by molar-refractivity contribution is 0.101. The van der Waals surface area contributed by atoms with Gasteiger partial charge in [0.15, 0.2) is 5.78 Å². The number of halogens is 2. The number of ether oxygens (including phenoxy) is 1. The summed E-state index contributed by atoms with van der Waals surface area (Å²) >= 11 is 0. The van der Waals surface area contributed by atoms with E-state index in [-0.39, 0.29) is 23.7 Å². The first kappa shape index (κ1) is 14.0. The first-order valence-corrected chi connectivity index (χ1v) is 5.94. The van der Waals surface area contributed by atoms with Crippen LogP contribution in [0.2, 0.25) is 0 Å². The van der Waals surface area contributed by atoms with Gasteiger partial charge in [-0.05, 0) is 43.3 Å². The first-order chi connectivity index (χ1) is 9.47. The molecule has 2 N–H and O–H groups in total. The van der Waals surface area contributed by atoms with E-state index in [4.69, 9.17) is 10.5 Å². The van der Waals surface area contributed by atoms with Crippen molar-refractivity contribution in [2.45, 2.75) is 13.5 Å². The van der Waals surface area contributed by atoms with Crippen molar-refractivity contribution in [3.05, 3.63) is 59.2 Å². The van der Waals surface area contributed by atoms with Gasteiger partial charge in [-0.1, -0.05) is 0 Å². The molecule has 20 heavy (non-hydrogen) atoms. The van der Waals surface area contributed by atoms with E-state index in [2.05, 4.69) is 0 Å². The quantitative estimate of drug-likeness (QED) is 0.689. The summed E-state index contributed by atoms with van der Waals surface area (Å²) in [6.45, 7) is 1.21. The molecule has 2 aromatic carbocycles. The van der Waals surface area contributed by atoms with Crippen LogP contribution in [0.1, 0.15) is 22.8 Å².